The number of rotatable bonds is 7. The first-order chi connectivity index (χ1) is 8.35. The minimum atomic E-state index is 0.446. The van der Waals surface area contributed by atoms with Crippen LogP contribution in [-0.4, -0.2) is 31.8 Å². The second kappa shape index (κ2) is 6.47. The van der Waals surface area contributed by atoms with Gasteiger partial charge < -0.3 is 10.1 Å². The molecule has 0 radical (unpaired) electrons. The van der Waals surface area contributed by atoms with Crippen molar-refractivity contribution in [2.24, 2.45) is 5.41 Å². The van der Waals surface area contributed by atoms with E-state index in [-0.39, 0.29) is 0 Å². The molecule has 0 bridgehead atoms. The first kappa shape index (κ1) is 13.0. The van der Waals surface area contributed by atoms with E-state index in [1.54, 1.807) is 18.4 Å². The lowest BCUT2D eigenvalue weighted by Gasteiger charge is -2.28. The molecular formula is C13H22N2OS. The van der Waals surface area contributed by atoms with Gasteiger partial charge in [-0.3, -0.25) is 0 Å². The Morgan fingerprint density at radius 2 is 2.29 bits per heavy atom. The molecule has 1 N–H and O–H groups in total. The Bertz CT molecular complexity index is 307. The maximum atomic E-state index is 5.07. The zero-order valence-corrected chi connectivity index (χ0v) is 11.4. The van der Waals surface area contributed by atoms with Crippen molar-refractivity contribution in [1.82, 2.24) is 10.3 Å². The molecule has 96 valence electrons. The first-order valence-corrected chi connectivity index (χ1v) is 7.36. The SMILES string of the molecule is COCCNCC1(Cc2cscn2)CCCC1. The summed E-state index contributed by atoms with van der Waals surface area (Å²) in [7, 11) is 1.75. The van der Waals surface area contributed by atoms with E-state index in [1.165, 1.54) is 31.4 Å². The maximum Gasteiger partial charge on any atom is 0.0794 e. The van der Waals surface area contributed by atoms with Crippen LogP contribution < -0.4 is 5.32 Å². The van der Waals surface area contributed by atoms with Gasteiger partial charge in [-0.2, -0.15) is 0 Å². The van der Waals surface area contributed by atoms with Crippen LogP contribution in [0.25, 0.3) is 0 Å². The maximum absolute atomic E-state index is 5.07. The lowest BCUT2D eigenvalue weighted by atomic mass is 9.81. The van der Waals surface area contributed by atoms with Crippen LogP contribution in [0.1, 0.15) is 31.4 Å². The number of methoxy groups -OCH3 is 1. The number of hydrogen-bond donors (Lipinski definition) is 1. The van der Waals surface area contributed by atoms with E-state index in [4.69, 9.17) is 4.74 Å². The minimum Gasteiger partial charge on any atom is -0.383 e. The Hall–Kier alpha value is -0.450. The number of aromatic nitrogens is 1. The van der Waals surface area contributed by atoms with Gasteiger partial charge in [-0.15, -0.1) is 11.3 Å². The molecule has 2 rings (SSSR count). The van der Waals surface area contributed by atoms with Crippen LogP contribution in [0.4, 0.5) is 0 Å². The van der Waals surface area contributed by atoms with Crippen LogP contribution in [0.2, 0.25) is 0 Å². The van der Waals surface area contributed by atoms with Crippen molar-refractivity contribution in [2.45, 2.75) is 32.1 Å². The van der Waals surface area contributed by atoms with Crippen LogP contribution in [-0.2, 0) is 11.2 Å². The second-order valence-corrected chi connectivity index (χ2v) is 5.75. The molecule has 0 aromatic carbocycles. The van der Waals surface area contributed by atoms with Crippen molar-refractivity contribution in [3.63, 3.8) is 0 Å². The summed E-state index contributed by atoms with van der Waals surface area (Å²) < 4.78 is 5.07. The van der Waals surface area contributed by atoms with Gasteiger partial charge in [0.25, 0.3) is 0 Å². The van der Waals surface area contributed by atoms with E-state index in [1.807, 2.05) is 5.51 Å². The summed E-state index contributed by atoms with van der Waals surface area (Å²) in [5.41, 5.74) is 3.66. The number of nitrogens with zero attached hydrogens (tertiary/aromatic N) is 1. The van der Waals surface area contributed by atoms with Gasteiger partial charge in [0.05, 0.1) is 17.8 Å². The summed E-state index contributed by atoms with van der Waals surface area (Å²) in [5, 5.41) is 5.72. The van der Waals surface area contributed by atoms with Crippen LogP contribution >= 0.6 is 11.3 Å². The third kappa shape index (κ3) is 3.76. The van der Waals surface area contributed by atoms with Crippen molar-refractivity contribution in [3.05, 3.63) is 16.6 Å². The third-order valence-electron chi connectivity index (χ3n) is 3.69. The summed E-state index contributed by atoms with van der Waals surface area (Å²) in [6.07, 6.45) is 6.55. The molecule has 0 unspecified atom stereocenters. The highest BCUT2D eigenvalue weighted by Gasteiger charge is 2.33. The molecule has 1 heterocycles. The molecular weight excluding hydrogens is 232 g/mol. The number of hydrogen-bond acceptors (Lipinski definition) is 4. The Kier molecular flexibility index (Phi) is 4.95. The molecule has 1 saturated carbocycles. The molecule has 4 heteroatoms. The van der Waals surface area contributed by atoms with Gasteiger partial charge in [-0.1, -0.05) is 12.8 Å². The average molecular weight is 254 g/mol. The molecule has 1 aliphatic rings. The number of nitrogens with one attached hydrogen (secondary N) is 1. The Morgan fingerprint density at radius 1 is 1.47 bits per heavy atom. The van der Waals surface area contributed by atoms with E-state index in [0.29, 0.717) is 5.41 Å². The lowest BCUT2D eigenvalue weighted by Crippen LogP contribution is -2.35. The Morgan fingerprint density at radius 3 is 2.94 bits per heavy atom. The van der Waals surface area contributed by atoms with Crippen LogP contribution in [0.3, 0.4) is 0 Å². The van der Waals surface area contributed by atoms with E-state index < -0.39 is 0 Å². The standard InChI is InChI=1S/C13H22N2OS/c1-16-7-6-14-10-13(4-2-3-5-13)8-12-9-17-11-15-12/h9,11,14H,2-8,10H2,1H3. The van der Waals surface area contributed by atoms with Gasteiger partial charge in [0, 0.05) is 25.6 Å². The second-order valence-electron chi connectivity index (χ2n) is 5.03. The van der Waals surface area contributed by atoms with E-state index in [2.05, 4.69) is 15.7 Å². The van der Waals surface area contributed by atoms with Gasteiger partial charge in [-0.25, -0.2) is 4.98 Å². The van der Waals surface area contributed by atoms with Crippen molar-refractivity contribution >= 4 is 11.3 Å². The first-order valence-electron chi connectivity index (χ1n) is 6.41. The largest absolute Gasteiger partial charge is 0.383 e. The zero-order chi connectivity index (χ0) is 12.0. The monoisotopic (exact) mass is 254 g/mol. The molecule has 1 aliphatic carbocycles. The van der Waals surface area contributed by atoms with Gasteiger partial charge in [0.15, 0.2) is 0 Å². The molecule has 3 nitrogen and oxygen atoms in total. The molecule has 0 saturated heterocycles. The third-order valence-corrected chi connectivity index (χ3v) is 4.32. The van der Waals surface area contributed by atoms with E-state index in [9.17, 15) is 0 Å². The highest BCUT2D eigenvalue weighted by molar-refractivity contribution is 7.07. The highest BCUT2D eigenvalue weighted by atomic mass is 32.1. The quantitative estimate of drug-likeness (QED) is 0.759. The number of thiazole rings is 1. The Labute approximate surface area is 108 Å². The van der Waals surface area contributed by atoms with Gasteiger partial charge >= 0.3 is 0 Å². The Balaban J connectivity index is 1.86. The number of ether oxygens (including phenoxy) is 1. The highest BCUT2D eigenvalue weighted by Crippen LogP contribution is 2.40. The van der Waals surface area contributed by atoms with Crippen molar-refractivity contribution < 1.29 is 4.74 Å². The average Bonchev–Trinajstić information content (AvgIpc) is 2.98. The molecule has 0 amide bonds. The molecule has 1 fully saturated rings. The van der Waals surface area contributed by atoms with Gasteiger partial charge in [0.1, 0.15) is 0 Å². The van der Waals surface area contributed by atoms with Gasteiger partial charge in [-0.05, 0) is 24.7 Å². The lowest BCUT2D eigenvalue weighted by molar-refractivity contribution is 0.189. The predicted octanol–water partition coefficient (Wildman–Crippen LogP) is 2.48. The summed E-state index contributed by atoms with van der Waals surface area (Å²) in [5.74, 6) is 0. The molecule has 1 aromatic rings. The topological polar surface area (TPSA) is 34.1 Å². The summed E-state index contributed by atoms with van der Waals surface area (Å²) >= 11 is 1.70. The minimum absolute atomic E-state index is 0.446. The normalized spacial score (nSPS) is 18.6. The molecule has 0 spiro atoms. The van der Waals surface area contributed by atoms with Gasteiger partial charge in [0.2, 0.25) is 0 Å². The van der Waals surface area contributed by atoms with Crippen molar-refractivity contribution in [1.29, 1.82) is 0 Å². The molecule has 0 aliphatic heterocycles. The molecule has 17 heavy (non-hydrogen) atoms. The zero-order valence-electron chi connectivity index (χ0n) is 10.6. The molecule has 0 atom stereocenters. The van der Waals surface area contributed by atoms with E-state index >= 15 is 0 Å². The van der Waals surface area contributed by atoms with Crippen LogP contribution in [0.5, 0.6) is 0 Å². The smallest absolute Gasteiger partial charge is 0.0794 e. The fourth-order valence-corrected chi connectivity index (χ4v) is 3.34. The fraction of sp³-hybridized carbons (Fsp3) is 0.769. The van der Waals surface area contributed by atoms with Crippen LogP contribution in [0, 0.1) is 5.41 Å². The van der Waals surface area contributed by atoms with Crippen molar-refractivity contribution in [3.8, 4) is 0 Å². The van der Waals surface area contributed by atoms with Crippen LogP contribution in [0.15, 0.2) is 10.9 Å². The summed E-state index contributed by atoms with van der Waals surface area (Å²) in [6, 6.07) is 0. The van der Waals surface area contributed by atoms with E-state index in [0.717, 1.165) is 26.1 Å². The summed E-state index contributed by atoms with van der Waals surface area (Å²) in [6.45, 7) is 2.86. The predicted molar refractivity (Wildman–Crippen MR) is 71.5 cm³/mol. The summed E-state index contributed by atoms with van der Waals surface area (Å²) in [4.78, 5) is 4.44. The fourth-order valence-electron chi connectivity index (χ4n) is 2.78. The van der Waals surface area contributed by atoms with Crippen molar-refractivity contribution in [2.75, 3.05) is 26.8 Å². The molecule has 1 aromatic heterocycles.